The summed E-state index contributed by atoms with van der Waals surface area (Å²) < 4.78 is 0. The van der Waals surface area contributed by atoms with E-state index in [0.29, 0.717) is 0 Å². The first kappa shape index (κ1) is 6.64. The maximum absolute atomic E-state index is 5.15. The summed E-state index contributed by atoms with van der Waals surface area (Å²) in [6.07, 6.45) is 9.23. The molecule has 1 fully saturated rings. The van der Waals surface area contributed by atoms with E-state index >= 15 is 0 Å². The van der Waals surface area contributed by atoms with Crippen molar-refractivity contribution in [1.29, 1.82) is 0 Å². The second kappa shape index (κ2) is 2.89. The third kappa shape index (κ3) is 1.46. The van der Waals surface area contributed by atoms with Crippen molar-refractivity contribution in [3.63, 3.8) is 0 Å². The molecule has 0 unspecified atom stereocenters. The minimum atomic E-state index is 0.793. The molecule has 0 atom stereocenters. The van der Waals surface area contributed by atoms with Gasteiger partial charge in [0.25, 0.3) is 0 Å². The molecule has 0 bridgehead atoms. The van der Waals surface area contributed by atoms with Crippen molar-refractivity contribution < 1.29 is 0 Å². The van der Waals surface area contributed by atoms with E-state index in [9.17, 15) is 0 Å². The van der Waals surface area contributed by atoms with Crippen molar-refractivity contribution in [2.75, 3.05) is 13.6 Å². The monoisotopic (exact) mass is 123 g/mol. The fourth-order valence-corrected chi connectivity index (χ4v) is 1.10. The van der Waals surface area contributed by atoms with Gasteiger partial charge >= 0.3 is 0 Å². The SMILES string of the molecule is C#CCN(C)C1CCC1. The highest BCUT2D eigenvalue weighted by atomic mass is 15.1. The topological polar surface area (TPSA) is 3.24 Å². The number of rotatable bonds is 2. The Balaban J connectivity index is 2.17. The van der Waals surface area contributed by atoms with E-state index in [1.165, 1.54) is 19.3 Å². The number of hydrogen-bond donors (Lipinski definition) is 0. The Kier molecular flexibility index (Phi) is 2.13. The van der Waals surface area contributed by atoms with Gasteiger partial charge in [0.05, 0.1) is 6.54 Å². The molecule has 1 aliphatic rings. The zero-order chi connectivity index (χ0) is 6.69. The van der Waals surface area contributed by atoms with Gasteiger partial charge in [0.15, 0.2) is 0 Å². The van der Waals surface area contributed by atoms with Crippen LogP contribution in [0.4, 0.5) is 0 Å². The Morgan fingerprint density at radius 1 is 1.67 bits per heavy atom. The van der Waals surface area contributed by atoms with Gasteiger partial charge in [-0.25, -0.2) is 0 Å². The Morgan fingerprint density at radius 3 is 2.67 bits per heavy atom. The van der Waals surface area contributed by atoms with Crippen LogP contribution in [0.2, 0.25) is 0 Å². The molecule has 1 saturated carbocycles. The molecule has 0 heterocycles. The van der Waals surface area contributed by atoms with Crippen molar-refractivity contribution in [3.05, 3.63) is 0 Å². The van der Waals surface area contributed by atoms with Gasteiger partial charge in [-0.1, -0.05) is 12.3 Å². The zero-order valence-corrected chi connectivity index (χ0v) is 5.93. The van der Waals surface area contributed by atoms with E-state index < -0.39 is 0 Å². The summed E-state index contributed by atoms with van der Waals surface area (Å²) in [4.78, 5) is 2.25. The van der Waals surface area contributed by atoms with Gasteiger partial charge in [-0.05, 0) is 19.9 Å². The first-order valence-corrected chi connectivity index (χ1v) is 3.48. The lowest BCUT2D eigenvalue weighted by atomic mass is 9.92. The van der Waals surface area contributed by atoms with Crippen molar-refractivity contribution >= 4 is 0 Å². The number of hydrogen-bond acceptors (Lipinski definition) is 1. The van der Waals surface area contributed by atoms with Gasteiger partial charge in [-0.3, -0.25) is 4.90 Å². The van der Waals surface area contributed by atoms with Crippen molar-refractivity contribution in [1.82, 2.24) is 4.90 Å². The predicted molar refractivity (Wildman–Crippen MR) is 39.1 cm³/mol. The van der Waals surface area contributed by atoms with Crippen LogP contribution >= 0.6 is 0 Å². The molecule has 0 radical (unpaired) electrons. The van der Waals surface area contributed by atoms with Crippen LogP contribution in [0.3, 0.4) is 0 Å². The summed E-state index contributed by atoms with van der Waals surface area (Å²) in [5, 5.41) is 0. The van der Waals surface area contributed by atoms with Gasteiger partial charge < -0.3 is 0 Å². The molecule has 0 aromatic rings. The smallest absolute Gasteiger partial charge is 0.0598 e. The second-order valence-electron chi connectivity index (χ2n) is 2.70. The molecule has 0 aromatic heterocycles. The zero-order valence-electron chi connectivity index (χ0n) is 5.93. The lowest BCUT2D eigenvalue weighted by Gasteiger charge is -2.33. The molecule has 0 saturated heterocycles. The summed E-state index contributed by atoms with van der Waals surface area (Å²) >= 11 is 0. The standard InChI is InChI=1S/C8H13N/c1-3-7-9(2)8-5-4-6-8/h1,8H,4-7H2,2H3. The maximum atomic E-state index is 5.15. The average molecular weight is 123 g/mol. The van der Waals surface area contributed by atoms with Crippen molar-refractivity contribution in [3.8, 4) is 12.3 Å². The number of terminal acetylenes is 1. The summed E-state index contributed by atoms with van der Waals surface area (Å²) in [5.74, 6) is 2.64. The molecular formula is C8H13N. The van der Waals surface area contributed by atoms with Crippen LogP contribution in [0, 0.1) is 12.3 Å². The minimum absolute atomic E-state index is 0.793. The third-order valence-corrected chi connectivity index (χ3v) is 2.04. The Labute approximate surface area is 57.0 Å². The average Bonchev–Trinajstić information content (AvgIpc) is 1.60. The quantitative estimate of drug-likeness (QED) is 0.497. The third-order valence-electron chi connectivity index (χ3n) is 2.04. The molecule has 1 nitrogen and oxygen atoms in total. The fraction of sp³-hybridized carbons (Fsp3) is 0.750. The maximum Gasteiger partial charge on any atom is 0.0598 e. The van der Waals surface area contributed by atoms with Crippen LogP contribution in [-0.4, -0.2) is 24.5 Å². The van der Waals surface area contributed by atoms with E-state index in [0.717, 1.165) is 12.6 Å². The van der Waals surface area contributed by atoms with E-state index in [-0.39, 0.29) is 0 Å². The van der Waals surface area contributed by atoms with Gasteiger partial charge in [-0.15, -0.1) is 6.42 Å². The summed E-state index contributed by atoms with van der Waals surface area (Å²) in [5.41, 5.74) is 0. The predicted octanol–water partition coefficient (Wildman–Crippen LogP) is 1.10. The summed E-state index contributed by atoms with van der Waals surface area (Å²) in [6, 6.07) is 0.793. The summed E-state index contributed by atoms with van der Waals surface area (Å²) in [7, 11) is 2.10. The Hall–Kier alpha value is -0.480. The van der Waals surface area contributed by atoms with Crippen LogP contribution in [0.15, 0.2) is 0 Å². The van der Waals surface area contributed by atoms with Crippen molar-refractivity contribution in [2.24, 2.45) is 0 Å². The highest BCUT2D eigenvalue weighted by molar-refractivity contribution is 4.90. The van der Waals surface area contributed by atoms with Crippen LogP contribution < -0.4 is 0 Å². The molecule has 1 heteroatoms. The largest absolute Gasteiger partial charge is 0.292 e. The molecule has 0 aromatic carbocycles. The highest BCUT2D eigenvalue weighted by Gasteiger charge is 2.20. The van der Waals surface area contributed by atoms with E-state index in [2.05, 4.69) is 17.9 Å². The first-order valence-electron chi connectivity index (χ1n) is 3.48. The molecule has 0 spiro atoms. The highest BCUT2D eigenvalue weighted by Crippen LogP contribution is 2.22. The van der Waals surface area contributed by atoms with Crippen LogP contribution in [0.5, 0.6) is 0 Å². The van der Waals surface area contributed by atoms with Gasteiger partial charge in [0.2, 0.25) is 0 Å². The second-order valence-corrected chi connectivity index (χ2v) is 2.70. The van der Waals surface area contributed by atoms with E-state index in [1.54, 1.807) is 0 Å². The molecule has 0 N–H and O–H groups in total. The molecule has 50 valence electrons. The van der Waals surface area contributed by atoms with E-state index in [1.807, 2.05) is 0 Å². The van der Waals surface area contributed by atoms with Crippen LogP contribution in [-0.2, 0) is 0 Å². The van der Waals surface area contributed by atoms with Crippen LogP contribution in [0.1, 0.15) is 19.3 Å². The first-order chi connectivity index (χ1) is 4.34. The number of nitrogens with zero attached hydrogens (tertiary/aromatic N) is 1. The van der Waals surface area contributed by atoms with Gasteiger partial charge in [0, 0.05) is 6.04 Å². The Morgan fingerprint density at radius 2 is 2.33 bits per heavy atom. The van der Waals surface area contributed by atoms with Crippen LogP contribution in [0.25, 0.3) is 0 Å². The fourth-order valence-electron chi connectivity index (χ4n) is 1.10. The molecule has 9 heavy (non-hydrogen) atoms. The summed E-state index contributed by atoms with van der Waals surface area (Å²) in [6.45, 7) is 0.810. The lowest BCUT2D eigenvalue weighted by molar-refractivity contribution is 0.178. The van der Waals surface area contributed by atoms with Crippen molar-refractivity contribution in [2.45, 2.75) is 25.3 Å². The molecular weight excluding hydrogens is 110 g/mol. The molecule has 0 amide bonds. The normalized spacial score (nSPS) is 19.2. The van der Waals surface area contributed by atoms with Gasteiger partial charge in [-0.2, -0.15) is 0 Å². The van der Waals surface area contributed by atoms with Gasteiger partial charge in [0.1, 0.15) is 0 Å². The molecule has 1 rings (SSSR count). The minimum Gasteiger partial charge on any atom is -0.292 e. The molecule has 0 aliphatic heterocycles. The Bertz CT molecular complexity index is 119. The molecule has 1 aliphatic carbocycles. The lowest BCUT2D eigenvalue weighted by Crippen LogP contribution is -2.37. The van der Waals surface area contributed by atoms with E-state index in [4.69, 9.17) is 6.42 Å².